The van der Waals surface area contributed by atoms with Crippen LogP contribution in [-0.2, 0) is 10.8 Å². The zero-order valence-electron chi connectivity index (χ0n) is 23.1. The van der Waals surface area contributed by atoms with E-state index in [1.807, 2.05) is 0 Å². The minimum absolute atomic E-state index is 0.0126. The maximum absolute atomic E-state index is 2.42. The third-order valence-corrected chi connectivity index (χ3v) is 9.38. The average molecular weight is 504 g/mol. The molecule has 0 spiro atoms. The van der Waals surface area contributed by atoms with Crippen molar-refractivity contribution in [3.63, 3.8) is 0 Å². The number of nitrogens with zero attached hydrogens (tertiary/aromatic N) is 1. The van der Waals surface area contributed by atoms with Gasteiger partial charge in [0, 0.05) is 16.8 Å². The maximum atomic E-state index is 2.42. The van der Waals surface area contributed by atoms with Gasteiger partial charge in [0.2, 0.25) is 0 Å². The summed E-state index contributed by atoms with van der Waals surface area (Å²) in [4.78, 5) is 2.42. The fourth-order valence-corrected chi connectivity index (χ4v) is 6.57. The Bertz CT molecular complexity index is 1830. The quantitative estimate of drug-likeness (QED) is 0.216. The van der Waals surface area contributed by atoms with E-state index in [1.54, 1.807) is 0 Å². The van der Waals surface area contributed by atoms with E-state index in [-0.39, 0.29) is 10.8 Å². The molecule has 1 nitrogen and oxygen atoms in total. The van der Waals surface area contributed by atoms with Crippen molar-refractivity contribution in [1.82, 2.24) is 0 Å². The molecule has 6 aromatic carbocycles. The van der Waals surface area contributed by atoms with E-state index >= 15 is 0 Å². The number of hydrogen-bond donors (Lipinski definition) is 0. The molecule has 1 aliphatic rings. The number of rotatable bonds is 4. The van der Waals surface area contributed by atoms with Crippen LogP contribution in [0.25, 0.3) is 32.7 Å². The summed E-state index contributed by atoms with van der Waals surface area (Å²) in [7, 11) is 0. The van der Waals surface area contributed by atoms with Crippen LogP contribution in [-0.4, -0.2) is 0 Å². The van der Waals surface area contributed by atoms with Crippen LogP contribution in [0.5, 0.6) is 0 Å². The lowest BCUT2D eigenvalue weighted by Gasteiger charge is -2.47. The molecular weight excluding hydrogens is 470 g/mol. The summed E-state index contributed by atoms with van der Waals surface area (Å²) in [5, 5.41) is 5.40. The Morgan fingerprint density at radius 2 is 1.00 bits per heavy atom. The van der Waals surface area contributed by atoms with E-state index in [2.05, 4.69) is 160 Å². The number of hydrogen-bond acceptors (Lipinski definition) is 1. The number of para-hydroxylation sites is 1. The first-order chi connectivity index (χ1) is 18.9. The van der Waals surface area contributed by atoms with E-state index < -0.39 is 0 Å². The molecular formula is C38H33N. The predicted octanol–water partition coefficient (Wildman–Crippen LogP) is 10.7. The Labute approximate surface area is 231 Å². The predicted molar refractivity (Wildman–Crippen MR) is 168 cm³/mol. The van der Waals surface area contributed by atoms with Crippen molar-refractivity contribution in [2.75, 3.05) is 4.90 Å². The first kappa shape index (κ1) is 23.7. The summed E-state index contributed by atoms with van der Waals surface area (Å²) in [5.41, 5.74) is 8.86. The molecule has 0 aliphatic heterocycles. The highest BCUT2D eigenvalue weighted by Crippen LogP contribution is 2.55. The summed E-state index contributed by atoms with van der Waals surface area (Å²) in [6.07, 6.45) is 0. The molecule has 6 aromatic rings. The molecule has 0 amide bonds. The Morgan fingerprint density at radius 1 is 0.462 bits per heavy atom. The van der Waals surface area contributed by atoms with Crippen LogP contribution in [0.3, 0.4) is 0 Å². The molecule has 1 heteroatoms. The lowest BCUT2D eigenvalue weighted by molar-refractivity contribution is 0.304. The van der Waals surface area contributed by atoms with Crippen molar-refractivity contribution in [3.8, 4) is 11.1 Å². The highest BCUT2D eigenvalue weighted by Gasteiger charge is 2.45. The van der Waals surface area contributed by atoms with E-state index in [4.69, 9.17) is 0 Å². The fraction of sp³-hybridized carbons (Fsp3) is 0.158. The molecule has 0 bridgehead atoms. The van der Waals surface area contributed by atoms with Crippen LogP contribution in [0.4, 0.5) is 17.1 Å². The summed E-state index contributed by atoms with van der Waals surface area (Å²) in [6, 6.07) is 46.5. The van der Waals surface area contributed by atoms with Crippen LogP contribution < -0.4 is 4.90 Å². The second-order valence-electron chi connectivity index (χ2n) is 11.9. The summed E-state index contributed by atoms with van der Waals surface area (Å²) in [6.45, 7) is 9.63. The first-order valence-corrected chi connectivity index (χ1v) is 13.9. The van der Waals surface area contributed by atoms with Gasteiger partial charge in [0.25, 0.3) is 0 Å². The van der Waals surface area contributed by atoms with Gasteiger partial charge < -0.3 is 4.90 Å². The van der Waals surface area contributed by atoms with Crippen molar-refractivity contribution < 1.29 is 0 Å². The van der Waals surface area contributed by atoms with Crippen molar-refractivity contribution in [3.05, 3.63) is 139 Å². The monoisotopic (exact) mass is 503 g/mol. The first-order valence-electron chi connectivity index (χ1n) is 13.9. The Balaban J connectivity index is 1.53. The highest BCUT2D eigenvalue weighted by atomic mass is 15.1. The van der Waals surface area contributed by atoms with Gasteiger partial charge in [-0.1, -0.05) is 125 Å². The van der Waals surface area contributed by atoms with E-state index in [0.29, 0.717) is 0 Å². The molecule has 0 fully saturated rings. The van der Waals surface area contributed by atoms with Gasteiger partial charge in [0.05, 0.1) is 5.69 Å². The molecule has 0 aromatic heterocycles. The van der Waals surface area contributed by atoms with Gasteiger partial charge >= 0.3 is 0 Å². The minimum atomic E-state index is -0.0126. The highest BCUT2D eigenvalue weighted by molar-refractivity contribution is 6.18. The second-order valence-corrected chi connectivity index (χ2v) is 11.9. The molecule has 39 heavy (non-hydrogen) atoms. The largest absolute Gasteiger partial charge is 0.310 e. The lowest BCUT2D eigenvalue weighted by Crippen LogP contribution is -2.42. The van der Waals surface area contributed by atoms with Crippen molar-refractivity contribution in [2.45, 2.75) is 38.5 Å². The van der Waals surface area contributed by atoms with Gasteiger partial charge in [-0.15, -0.1) is 0 Å². The minimum Gasteiger partial charge on any atom is -0.310 e. The molecule has 0 unspecified atom stereocenters. The summed E-state index contributed by atoms with van der Waals surface area (Å²) in [5.74, 6) is 0. The van der Waals surface area contributed by atoms with Crippen LogP contribution in [0.2, 0.25) is 0 Å². The molecule has 7 rings (SSSR count). The molecule has 1 aliphatic carbocycles. The smallest absolute Gasteiger partial charge is 0.0546 e. The average Bonchev–Trinajstić information content (AvgIpc) is 2.97. The van der Waals surface area contributed by atoms with Gasteiger partial charge in [0.15, 0.2) is 0 Å². The number of benzene rings is 6. The maximum Gasteiger partial charge on any atom is 0.0546 e. The van der Waals surface area contributed by atoms with Gasteiger partial charge in [-0.05, 0) is 79.6 Å². The van der Waals surface area contributed by atoms with Gasteiger partial charge in [-0.3, -0.25) is 0 Å². The zero-order chi connectivity index (χ0) is 26.8. The van der Waals surface area contributed by atoms with Crippen molar-refractivity contribution in [1.29, 1.82) is 0 Å². The third-order valence-electron chi connectivity index (χ3n) is 9.38. The van der Waals surface area contributed by atoms with Gasteiger partial charge in [-0.25, -0.2) is 0 Å². The van der Waals surface area contributed by atoms with E-state index in [9.17, 15) is 0 Å². The van der Waals surface area contributed by atoms with E-state index in [1.165, 1.54) is 49.5 Å². The van der Waals surface area contributed by atoms with Crippen LogP contribution in [0, 0.1) is 0 Å². The molecule has 190 valence electrons. The molecule has 0 saturated carbocycles. The normalized spacial score (nSPS) is 15.1. The summed E-state index contributed by atoms with van der Waals surface area (Å²) >= 11 is 0. The van der Waals surface area contributed by atoms with Gasteiger partial charge in [0.1, 0.15) is 0 Å². The lowest BCUT2D eigenvalue weighted by atomic mass is 9.56. The van der Waals surface area contributed by atoms with Crippen molar-refractivity contribution >= 4 is 38.6 Å². The molecule has 0 heterocycles. The summed E-state index contributed by atoms with van der Waals surface area (Å²) < 4.78 is 0. The number of anilines is 3. The van der Waals surface area contributed by atoms with Crippen LogP contribution in [0.1, 0.15) is 38.8 Å². The molecule has 0 atom stereocenters. The molecule has 0 saturated heterocycles. The zero-order valence-corrected chi connectivity index (χ0v) is 23.1. The van der Waals surface area contributed by atoms with E-state index in [0.717, 1.165) is 11.4 Å². The van der Waals surface area contributed by atoms with Crippen LogP contribution >= 0.6 is 0 Å². The third kappa shape index (κ3) is 3.46. The SMILES string of the molecule is CC1(C)c2cccc3cc(N(c4ccccc4)c4ccc(-c5ccccc5)cc4)c4cccc(c4c23)C1(C)C. The topological polar surface area (TPSA) is 3.24 Å². The Morgan fingerprint density at radius 3 is 1.67 bits per heavy atom. The molecule has 0 radical (unpaired) electrons. The fourth-order valence-electron chi connectivity index (χ4n) is 6.57. The van der Waals surface area contributed by atoms with Crippen molar-refractivity contribution in [2.24, 2.45) is 0 Å². The Kier molecular flexibility index (Phi) is 5.22. The second kappa shape index (κ2) is 8.58. The molecule has 0 N–H and O–H groups in total. The standard InChI is InChI=1S/C38H33N/c1-37(2)32-19-11-15-28-25-34(31-18-12-20-33(38(37,3)4)36(31)35(28)32)39(29-16-9-6-10-17-29)30-23-21-27(22-24-30)26-13-7-5-8-14-26/h5-25H,1-4H3. The van der Waals surface area contributed by atoms with Crippen LogP contribution in [0.15, 0.2) is 127 Å². The Hall–Kier alpha value is -4.36. The van der Waals surface area contributed by atoms with Gasteiger partial charge in [-0.2, -0.15) is 0 Å².